The lowest BCUT2D eigenvalue weighted by Gasteiger charge is -2.39. The van der Waals surface area contributed by atoms with E-state index in [1.165, 1.54) is 12.1 Å². The minimum atomic E-state index is -0.537. The Bertz CT molecular complexity index is 1120. The Kier molecular flexibility index (Phi) is 3.51. The summed E-state index contributed by atoms with van der Waals surface area (Å²) in [5, 5.41) is 3.43. The number of hydrogen-bond donors (Lipinski definition) is 1. The molecular weight excluding hydrogens is 353 g/mol. The van der Waals surface area contributed by atoms with Crippen molar-refractivity contribution in [3.63, 3.8) is 0 Å². The van der Waals surface area contributed by atoms with Crippen LogP contribution in [-0.2, 0) is 4.79 Å². The van der Waals surface area contributed by atoms with Crippen LogP contribution in [0.15, 0.2) is 65.4 Å². The van der Waals surface area contributed by atoms with Crippen molar-refractivity contribution in [2.75, 3.05) is 0 Å². The van der Waals surface area contributed by atoms with E-state index in [-0.39, 0.29) is 22.8 Å². The molecule has 1 atom stereocenters. The number of halogens is 1. The molecule has 0 amide bonds. The summed E-state index contributed by atoms with van der Waals surface area (Å²) in [6.45, 7) is 4.15. The maximum absolute atomic E-state index is 14.1. The third-order valence-electron chi connectivity index (χ3n) is 5.91. The highest BCUT2D eigenvalue weighted by molar-refractivity contribution is 6.23. The van der Waals surface area contributed by atoms with Crippen LogP contribution < -0.4 is 5.32 Å². The molecule has 2 aromatic carbocycles. The molecule has 1 aliphatic heterocycles. The van der Waals surface area contributed by atoms with Gasteiger partial charge in [0, 0.05) is 40.3 Å². The Labute approximate surface area is 163 Å². The molecule has 1 unspecified atom stereocenters. The van der Waals surface area contributed by atoms with Crippen LogP contribution in [-0.4, -0.2) is 11.6 Å². The Hall–Kier alpha value is -3.01. The second-order valence-corrected chi connectivity index (χ2v) is 8.61. The predicted molar refractivity (Wildman–Crippen MR) is 105 cm³/mol. The SMILES string of the molecule is CC1(C)CC(=O)C2=C(C1)NC1=C(C(=O)c3ccccc31)C2c1cccc(F)c1. The second kappa shape index (κ2) is 5.74. The molecule has 0 aromatic heterocycles. The number of nitrogens with one attached hydrogen (secondary N) is 1. The minimum Gasteiger partial charge on any atom is -0.358 e. The van der Waals surface area contributed by atoms with E-state index in [0.717, 1.165) is 17.0 Å². The molecule has 3 nitrogen and oxygen atoms in total. The monoisotopic (exact) mass is 373 g/mol. The van der Waals surface area contributed by atoms with Crippen molar-refractivity contribution < 1.29 is 14.0 Å². The Morgan fingerprint density at radius 1 is 0.964 bits per heavy atom. The van der Waals surface area contributed by atoms with Gasteiger partial charge in [-0.2, -0.15) is 0 Å². The maximum atomic E-state index is 14.1. The number of benzene rings is 2. The van der Waals surface area contributed by atoms with Gasteiger partial charge in [0.05, 0.1) is 5.70 Å². The van der Waals surface area contributed by atoms with Crippen molar-refractivity contribution >= 4 is 17.3 Å². The van der Waals surface area contributed by atoms with Crippen LogP contribution in [0.1, 0.15) is 54.1 Å². The number of carbonyl (C=O) groups is 2. The van der Waals surface area contributed by atoms with Gasteiger partial charge >= 0.3 is 0 Å². The molecule has 4 heteroatoms. The lowest BCUT2D eigenvalue weighted by molar-refractivity contribution is -0.118. The first-order valence-corrected chi connectivity index (χ1v) is 9.53. The van der Waals surface area contributed by atoms with Gasteiger partial charge in [0.15, 0.2) is 11.6 Å². The van der Waals surface area contributed by atoms with E-state index in [9.17, 15) is 14.0 Å². The van der Waals surface area contributed by atoms with E-state index < -0.39 is 5.92 Å². The molecule has 5 rings (SSSR count). The third kappa shape index (κ3) is 2.40. The minimum absolute atomic E-state index is 0.0308. The van der Waals surface area contributed by atoms with Gasteiger partial charge in [0.2, 0.25) is 0 Å². The summed E-state index contributed by atoms with van der Waals surface area (Å²) in [6.07, 6.45) is 1.14. The largest absolute Gasteiger partial charge is 0.358 e. The van der Waals surface area contributed by atoms with Crippen molar-refractivity contribution in [1.82, 2.24) is 5.32 Å². The molecule has 0 bridgehead atoms. The fourth-order valence-corrected chi connectivity index (χ4v) is 4.81. The predicted octanol–water partition coefficient (Wildman–Crippen LogP) is 4.76. The lowest BCUT2D eigenvalue weighted by Crippen LogP contribution is -2.37. The fourth-order valence-electron chi connectivity index (χ4n) is 4.81. The van der Waals surface area contributed by atoms with Gasteiger partial charge in [-0.1, -0.05) is 50.2 Å². The van der Waals surface area contributed by atoms with Gasteiger partial charge in [-0.25, -0.2) is 4.39 Å². The Morgan fingerprint density at radius 2 is 1.71 bits per heavy atom. The Morgan fingerprint density at radius 3 is 2.46 bits per heavy atom. The van der Waals surface area contributed by atoms with Gasteiger partial charge in [0.25, 0.3) is 0 Å². The van der Waals surface area contributed by atoms with Crippen LogP contribution in [0.3, 0.4) is 0 Å². The topological polar surface area (TPSA) is 46.2 Å². The number of ketones is 2. The highest BCUT2D eigenvalue weighted by Gasteiger charge is 2.46. The van der Waals surface area contributed by atoms with E-state index >= 15 is 0 Å². The van der Waals surface area contributed by atoms with E-state index in [1.54, 1.807) is 12.1 Å². The standard InChI is InChI=1S/C24H20FNO2/c1-24(2)11-17-20(18(27)12-24)19(13-6-5-7-14(25)10-13)21-22(26-17)15-8-3-4-9-16(15)23(21)28/h3-10,19,26H,11-12H2,1-2H3. The molecule has 140 valence electrons. The second-order valence-electron chi connectivity index (χ2n) is 8.61. The number of dihydropyridines is 1. The zero-order chi connectivity index (χ0) is 19.6. The van der Waals surface area contributed by atoms with Crippen molar-refractivity contribution in [2.45, 2.75) is 32.6 Å². The molecule has 0 radical (unpaired) electrons. The number of rotatable bonds is 1. The van der Waals surface area contributed by atoms with Crippen LogP contribution in [0.4, 0.5) is 4.39 Å². The molecule has 0 spiro atoms. The third-order valence-corrected chi connectivity index (χ3v) is 5.91. The van der Waals surface area contributed by atoms with E-state index in [4.69, 9.17) is 0 Å². The molecule has 2 aliphatic carbocycles. The molecule has 0 saturated heterocycles. The van der Waals surface area contributed by atoms with Gasteiger partial charge < -0.3 is 5.32 Å². The summed E-state index contributed by atoms with van der Waals surface area (Å²) in [5.41, 5.74) is 4.77. The van der Waals surface area contributed by atoms with E-state index in [1.807, 2.05) is 24.3 Å². The highest BCUT2D eigenvalue weighted by Crippen LogP contribution is 2.51. The van der Waals surface area contributed by atoms with Crippen LogP contribution in [0, 0.1) is 11.2 Å². The van der Waals surface area contributed by atoms with E-state index in [2.05, 4.69) is 19.2 Å². The van der Waals surface area contributed by atoms with Crippen LogP contribution in [0.25, 0.3) is 5.70 Å². The average Bonchev–Trinajstić information content (AvgIpc) is 2.92. The zero-order valence-electron chi connectivity index (χ0n) is 15.8. The van der Waals surface area contributed by atoms with Crippen molar-refractivity contribution in [3.8, 4) is 0 Å². The summed E-state index contributed by atoms with van der Waals surface area (Å²) in [4.78, 5) is 26.4. The summed E-state index contributed by atoms with van der Waals surface area (Å²) >= 11 is 0. The van der Waals surface area contributed by atoms with E-state index in [0.29, 0.717) is 35.1 Å². The van der Waals surface area contributed by atoms with Crippen LogP contribution in [0.5, 0.6) is 0 Å². The number of allylic oxidation sites excluding steroid dienone is 3. The summed E-state index contributed by atoms with van der Waals surface area (Å²) in [5.74, 6) is -0.961. The fraction of sp³-hybridized carbons (Fsp3) is 0.250. The van der Waals surface area contributed by atoms with Gasteiger partial charge in [-0.05, 0) is 29.5 Å². The van der Waals surface area contributed by atoms with Gasteiger partial charge in [-0.15, -0.1) is 0 Å². The normalized spacial score (nSPS) is 22.6. The van der Waals surface area contributed by atoms with Crippen molar-refractivity contribution in [3.05, 3.63) is 87.9 Å². The van der Waals surface area contributed by atoms with Crippen LogP contribution >= 0.6 is 0 Å². The molecule has 28 heavy (non-hydrogen) atoms. The Balaban J connectivity index is 1.76. The first-order chi connectivity index (χ1) is 13.4. The highest BCUT2D eigenvalue weighted by atomic mass is 19.1. The first kappa shape index (κ1) is 17.1. The number of Topliss-reactive ketones (excluding diaryl/α,β-unsaturated/α-hetero) is 2. The number of hydrogen-bond acceptors (Lipinski definition) is 3. The van der Waals surface area contributed by atoms with Crippen molar-refractivity contribution in [2.24, 2.45) is 5.41 Å². The molecule has 3 aliphatic rings. The molecule has 0 fully saturated rings. The summed E-state index contributed by atoms with van der Waals surface area (Å²) < 4.78 is 14.1. The summed E-state index contributed by atoms with van der Waals surface area (Å²) in [6, 6.07) is 13.7. The maximum Gasteiger partial charge on any atom is 0.192 e. The average molecular weight is 373 g/mol. The van der Waals surface area contributed by atoms with Gasteiger partial charge in [-0.3, -0.25) is 9.59 Å². The lowest BCUT2D eigenvalue weighted by atomic mass is 9.68. The number of fused-ring (bicyclic) bond motifs is 2. The van der Waals surface area contributed by atoms with Crippen molar-refractivity contribution in [1.29, 1.82) is 0 Å². The zero-order valence-corrected chi connectivity index (χ0v) is 15.8. The molecular formula is C24H20FNO2. The first-order valence-electron chi connectivity index (χ1n) is 9.53. The quantitative estimate of drug-likeness (QED) is 0.784. The molecule has 2 aromatic rings. The van der Waals surface area contributed by atoms with Gasteiger partial charge in [0.1, 0.15) is 5.82 Å². The smallest absolute Gasteiger partial charge is 0.192 e. The van der Waals surface area contributed by atoms with Crippen LogP contribution in [0.2, 0.25) is 0 Å². The molecule has 0 saturated carbocycles. The summed E-state index contributed by atoms with van der Waals surface area (Å²) in [7, 11) is 0. The molecule has 1 heterocycles. The number of carbonyl (C=O) groups excluding carboxylic acids is 2. The molecule has 1 N–H and O–H groups in total.